The maximum atomic E-state index is 12.2. The predicted molar refractivity (Wildman–Crippen MR) is 65.8 cm³/mol. The molecule has 2 aromatic rings. The molecule has 6 heteroatoms. The molecular weight excluding hydrogens is 269 g/mol. The lowest BCUT2D eigenvalue weighted by atomic mass is 9.99. The first kappa shape index (κ1) is 13.9. The molecule has 0 bridgehead atoms. The van der Waals surface area contributed by atoms with E-state index in [0.717, 1.165) is 6.07 Å². The zero-order valence-corrected chi connectivity index (χ0v) is 10.4. The van der Waals surface area contributed by atoms with E-state index in [4.69, 9.17) is 5.26 Å². The molecule has 0 saturated carbocycles. The SMILES string of the molecule is Cc1ncccc1-c1cc(OC(F)(F)F)ccc1C#N. The quantitative estimate of drug-likeness (QED) is 0.838. The van der Waals surface area contributed by atoms with Crippen LogP contribution >= 0.6 is 0 Å². The van der Waals surface area contributed by atoms with Gasteiger partial charge < -0.3 is 4.74 Å². The van der Waals surface area contributed by atoms with E-state index in [9.17, 15) is 13.2 Å². The number of halogens is 3. The second kappa shape index (κ2) is 5.21. The van der Waals surface area contributed by atoms with Gasteiger partial charge in [-0.1, -0.05) is 6.07 Å². The molecule has 0 amide bonds. The lowest BCUT2D eigenvalue weighted by molar-refractivity contribution is -0.274. The summed E-state index contributed by atoms with van der Waals surface area (Å²) in [5, 5.41) is 9.06. The van der Waals surface area contributed by atoms with Crippen LogP contribution in [0.4, 0.5) is 13.2 Å². The highest BCUT2D eigenvalue weighted by Crippen LogP contribution is 2.31. The number of alkyl halides is 3. The molecule has 0 radical (unpaired) electrons. The molecule has 0 spiro atoms. The molecule has 1 heterocycles. The third-order valence-electron chi connectivity index (χ3n) is 2.64. The van der Waals surface area contributed by atoms with Gasteiger partial charge in [-0.25, -0.2) is 0 Å². The summed E-state index contributed by atoms with van der Waals surface area (Å²) in [7, 11) is 0. The molecule has 0 aliphatic carbocycles. The van der Waals surface area contributed by atoms with Crippen molar-refractivity contribution < 1.29 is 17.9 Å². The minimum atomic E-state index is -4.77. The van der Waals surface area contributed by atoms with Crippen molar-refractivity contribution in [2.75, 3.05) is 0 Å². The molecule has 0 aliphatic heterocycles. The molecule has 0 N–H and O–H groups in total. The summed E-state index contributed by atoms with van der Waals surface area (Å²) < 4.78 is 40.6. The first-order valence-electron chi connectivity index (χ1n) is 5.62. The predicted octanol–water partition coefficient (Wildman–Crippen LogP) is 3.83. The van der Waals surface area contributed by atoms with Crippen molar-refractivity contribution in [3.05, 3.63) is 47.8 Å². The molecule has 0 fully saturated rings. The van der Waals surface area contributed by atoms with Gasteiger partial charge in [-0.05, 0) is 31.2 Å². The van der Waals surface area contributed by atoms with E-state index in [1.54, 1.807) is 25.3 Å². The molecule has 0 atom stereocenters. The van der Waals surface area contributed by atoms with Gasteiger partial charge in [0.2, 0.25) is 0 Å². The summed E-state index contributed by atoms with van der Waals surface area (Å²) in [5.74, 6) is -0.366. The molecular formula is C14H9F3N2O. The zero-order valence-electron chi connectivity index (χ0n) is 10.4. The maximum absolute atomic E-state index is 12.2. The number of aryl methyl sites for hydroxylation is 1. The van der Waals surface area contributed by atoms with Gasteiger partial charge in [0.25, 0.3) is 0 Å². The minimum Gasteiger partial charge on any atom is -0.406 e. The lowest BCUT2D eigenvalue weighted by Crippen LogP contribution is -2.17. The number of nitrogens with zero attached hydrogens (tertiary/aromatic N) is 2. The molecule has 102 valence electrons. The number of rotatable bonds is 2. The van der Waals surface area contributed by atoms with Crippen molar-refractivity contribution in [3.63, 3.8) is 0 Å². The fourth-order valence-corrected chi connectivity index (χ4v) is 1.81. The highest BCUT2D eigenvalue weighted by atomic mass is 19.4. The van der Waals surface area contributed by atoms with E-state index in [1.807, 2.05) is 6.07 Å². The van der Waals surface area contributed by atoms with Crippen molar-refractivity contribution in [1.29, 1.82) is 5.26 Å². The molecule has 1 aromatic carbocycles. The van der Waals surface area contributed by atoms with Crippen LogP contribution in [0, 0.1) is 18.3 Å². The number of hydrogen-bond acceptors (Lipinski definition) is 3. The number of benzene rings is 1. The maximum Gasteiger partial charge on any atom is 0.573 e. The zero-order chi connectivity index (χ0) is 14.8. The second-order valence-electron chi connectivity index (χ2n) is 4.00. The van der Waals surface area contributed by atoms with Crippen LogP contribution in [-0.2, 0) is 0 Å². The average molecular weight is 278 g/mol. The molecule has 1 aromatic heterocycles. The van der Waals surface area contributed by atoms with Crippen molar-refractivity contribution >= 4 is 0 Å². The van der Waals surface area contributed by atoms with Crippen LogP contribution in [0.1, 0.15) is 11.3 Å². The smallest absolute Gasteiger partial charge is 0.406 e. The Labute approximate surface area is 113 Å². The molecule has 3 nitrogen and oxygen atoms in total. The first-order chi connectivity index (χ1) is 9.40. The van der Waals surface area contributed by atoms with E-state index in [1.165, 1.54) is 12.1 Å². The highest BCUT2D eigenvalue weighted by molar-refractivity contribution is 5.73. The van der Waals surface area contributed by atoms with Crippen molar-refractivity contribution in [2.24, 2.45) is 0 Å². The van der Waals surface area contributed by atoms with Crippen LogP contribution < -0.4 is 4.74 Å². The van der Waals surface area contributed by atoms with E-state index in [-0.39, 0.29) is 11.3 Å². The number of pyridine rings is 1. The van der Waals surface area contributed by atoms with Gasteiger partial charge in [-0.15, -0.1) is 13.2 Å². The van der Waals surface area contributed by atoms with Gasteiger partial charge >= 0.3 is 6.36 Å². The van der Waals surface area contributed by atoms with Crippen LogP contribution in [0.3, 0.4) is 0 Å². The Morgan fingerprint density at radius 1 is 1.20 bits per heavy atom. The standard InChI is InChI=1S/C14H9F3N2O/c1-9-12(3-2-6-19-9)13-7-11(20-14(15,16)17)5-4-10(13)8-18/h2-7H,1H3. The third kappa shape index (κ3) is 3.06. The fourth-order valence-electron chi connectivity index (χ4n) is 1.81. The normalized spacial score (nSPS) is 10.9. The fraction of sp³-hybridized carbons (Fsp3) is 0.143. The molecule has 2 rings (SSSR count). The summed E-state index contributed by atoms with van der Waals surface area (Å²) in [6, 6.07) is 8.89. The first-order valence-corrected chi connectivity index (χ1v) is 5.62. The van der Waals surface area contributed by atoms with Crippen molar-refractivity contribution in [3.8, 4) is 22.9 Å². The average Bonchev–Trinajstić information content (AvgIpc) is 2.37. The lowest BCUT2D eigenvalue weighted by Gasteiger charge is -2.12. The Morgan fingerprint density at radius 3 is 2.55 bits per heavy atom. The Bertz CT molecular complexity index is 675. The van der Waals surface area contributed by atoms with Gasteiger partial charge in [0.15, 0.2) is 0 Å². The van der Waals surface area contributed by atoms with Gasteiger partial charge in [0.05, 0.1) is 11.6 Å². The molecule has 0 aliphatic rings. The van der Waals surface area contributed by atoms with Gasteiger partial charge in [0.1, 0.15) is 5.75 Å². The van der Waals surface area contributed by atoms with Crippen LogP contribution in [-0.4, -0.2) is 11.3 Å². The minimum absolute atomic E-state index is 0.260. The summed E-state index contributed by atoms with van der Waals surface area (Å²) >= 11 is 0. The van der Waals surface area contributed by atoms with Gasteiger partial charge in [0, 0.05) is 23.0 Å². The topological polar surface area (TPSA) is 45.9 Å². The van der Waals surface area contributed by atoms with Gasteiger partial charge in [-0.2, -0.15) is 5.26 Å². The summed E-state index contributed by atoms with van der Waals surface area (Å²) in [5.41, 5.74) is 1.83. The van der Waals surface area contributed by atoms with E-state index < -0.39 is 6.36 Å². The monoisotopic (exact) mass is 278 g/mol. The van der Waals surface area contributed by atoms with Crippen LogP contribution in [0.2, 0.25) is 0 Å². The largest absolute Gasteiger partial charge is 0.573 e. The summed E-state index contributed by atoms with van der Waals surface area (Å²) in [4.78, 5) is 4.06. The Morgan fingerprint density at radius 2 is 1.95 bits per heavy atom. The number of aromatic nitrogens is 1. The molecule has 0 saturated heterocycles. The number of nitriles is 1. The Hall–Kier alpha value is -2.55. The van der Waals surface area contributed by atoms with E-state index >= 15 is 0 Å². The summed E-state index contributed by atoms with van der Waals surface area (Å²) in [6.07, 6.45) is -3.20. The highest BCUT2D eigenvalue weighted by Gasteiger charge is 2.31. The second-order valence-corrected chi connectivity index (χ2v) is 4.00. The van der Waals surface area contributed by atoms with Crippen LogP contribution in [0.25, 0.3) is 11.1 Å². The van der Waals surface area contributed by atoms with Gasteiger partial charge in [-0.3, -0.25) is 4.98 Å². The van der Waals surface area contributed by atoms with Crippen LogP contribution in [0.5, 0.6) is 5.75 Å². The number of hydrogen-bond donors (Lipinski definition) is 0. The Kier molecular flexibility index (Phi) is 3.61. The summed E-state index contributed by atoms with van der Waals surface area (Å²) in [6.45, 7) is 1.72. The van der Waals surface area contributed by atoms with E-state index in [0.29, 0.717) is 16.8 Å². The Balaban J connectivity index is 2.54. The van der Waals surface area contributed by atoms with Crippen molar-refractivity contribution in [1.82, 2.24) is 4.98 Å². The van der Waals surface area contributed by atoms with E-state index in [2.05, 4.69) is 9.72 Å². The van der Waals surface area contributed by atoms with Crippen molar-refractivity contribution in [2.45, 2.75) is 13.3 Å². The number of ether oxygens (including phenoxy) is 1. The third-order valence-corrected chi connectivity index (χ3v) is 2.64. The molecule has 0 unspecified atom stereocenters. The van der Waals surface area contributed by atoms with Crippen LogP contribution in [0.15, 0.2) is 36.5 Å². The molecule has 20 heavy (non-hydrogen) atoms.